The van der Waals surface area contributed by atoms with Crippen molar-refractivity contribution >= 4 is 23.4 Å². The highest BCUT2D eigenvalue weighted by Crippen LogP contribution is 2.34. The number of fused-ring (bicyclic) bond motifs is 1. The Morgan fingerprint density at radius 2 is 1.89 bits per heavy atom. The molecule has 3 aromatic heterocycles. The van der Waals surface area contributed by atoms with Crippen LogP contribution in [-0.4, -0.2) is 45.5 Å². The number of pyridine rings is 1. The predicted molar refractivity (Wildman–Crippen MR) is 136 cm³/mol. The predicted octanol–water partition coefficient (Wildman–Crippen LogP) is 4.09. The first kappa shape index (κ1) is 22.7. The van der Waals surface area contributed by atoms with Gasteiger partial charge < -0.3 is 9.67 Å². The van der Waals surface area contributed by atoms with Crippen molar-refractivity contribution in [2.45, 2.75) is 19.0 Å². The number of imidazole rings is 1. The molecule has 0 aliphatic carbocycles. The number of anilines is 1. The molecule has 0 saturated heterocycles. The fourth-order valence-electron chi connectivity index (χ4n) is 4.82. The number of hydrogen-bond donors (Lipinski definition) is 2. The Bertz CT molecular complexity index is 1680. The molecule has 5 aromatic rings. The van der Waals surface area contributed by atoms with Crippen LogP contribution >= 0.6 is 11.6 Å². The van der Waals surface area contributed by atoms with Crippen molar-refractivity contribution in [3.05, 3.63) is 94.5 Å². The molecule has 1 atom stereocenters. The summed E-state index contributed by atoms with van der Waals surface area (Å²) in [4.78, 5) is 28.7. The second kappa shape index (κ2) is 9.03. The molecule has 0 radical (unpaired) electrons. The summed E-state index contributed by atoms with van der Waals surface area (Å²) >= 11 is 6.30. The van der Waals surface area contributed by atoms with Crippen LogP contribution in [0.4, 0.5) is 10.5 Å². The molecule has 1 aliphatic heterocycles. The normalized spacial score (nSPS) is 14.5. The number of nitrogens with zero attached hydrogens (tertiary/aromatic N) is 7. The minimum absolute atomic E-state index is 0.140. The lowest BCUT2D eigenvalue weighted by Gasteiger charge is -2.20. The Morgan fingerprint density at radius 1 is 1.05 bits per heavy atom. The highest BCUT2D eigenvalue weighted by molar-refractivity contribution is 6.31. The van der Waals surface area contributed by atoms with Gasteiger partial charge >= 0.3 is 6.09 Å². The van der Waals surface area contributed by atoms with Gasteiger partial charge in [0.05, 0.1) is 23.9 Å². The Morgan fingerprint density at radius 3 is 2.65 bits per heavy atom. The summed E-state index contributed by atoms with van der Waals surface area (Å²) in [6, 6.07) is 16.0. The minimum atomic E-state index is -1.12. The van der Waals surface area contributed by atoms with Gasteiger partial charge in [-0.3, -0.25) is 14.7 Å². The van der Waals surface area contributed by atoms with Crippen LogP contribution in [0.15, 0.2) is 78.2 Å². The number of amides is 1. The third kappa shape index (κ3) is 4.15. The van der Waals surface area contributed by atoms with E-state index in [9.17, 15) is 9.59 Å². The maximum Gasteiger partial charge on any atom is 0.409 e. The molecule has 0 bridgehead atoms. The molecule has 4 heterocycles. The van der Waals surface area contributed by atoms with Crippen LogP contribution in [-0.2, 0) is 6.42 Å². The van der Waals surface area contributed by atoms with Crippen molar-refractivity contribution in [3.8, 4) is 28.1 Å². The number of benzene rings is 2. The molecule has 0 fully saturated rings. The Kier molecular flexibility index (Phi) is 5.53. The van der Waals surface area contributed by atoms with Gasteiger partial charge in [0, 0.05) is 28.0 Å². The number of hydrogen-bond acceptors (Lipinski definition) is 6. The summed E-state index contributed by atoms with van der Waals surface area (Å²) < 4.78 is 5.30. The number of rotatable bonds is 5. The monoisotopic (exact) mass is 514 g/mol. The Hall–Kier alpha value is -4.77. The summed E-state index contributed by atoms with van der Waals surface area (Å²) in [6.45, 7) is 0. The van der Waals surface area contributed by atoms with Crippen molar-refractivity contribution in [2.24, 2.45) is 0 Å². The zero-order valence-electron chi connectivity index (χ0n) is 19.2. The molecule has 2 aromatic carbocycles. The number of aryl methyl sites for hydroxylation is 1. The number of halogens is 1. The first-order valence-corrected chi connectivity index (χ1v) is 11.8. The minimum Gasteiger partial charge on any atom is -0.465 e. The maximum absolute atomic E-state index is 13.5. The standard InChI is InChI=1S/C25H19ClN8O3/c26-17-3-7-21(33-14-28-30-31-33)20(11-17)16-9-19-6-8-23(34(19)24(35)10-16)32-13-27-12-22(32)15-1-4-18(5-2-15)29-25(36)37/h1-5,7,9-14,23,29H,6,8H2,(H,36,37)/t23-/m1/s1. The van der Waals surface area contributed by atoms with Crippen molar-refractivity contribution in [1.82, 2.24) is 34.3 Å². The largest absolute Gasteiger partial charge is 0.465 e. The highest BCUT2D eigenvalue weighted by atomic mass is 35.5. The van der Waals surface area contributed by atoms with E-state index in [1.54, 1.807) is 47.4 Å². The molecule has 37 heavy (non-hydrogen) atoms. The molecule has 11 nitrogen and oxygen atoms in total. The van der Waals surface area contributed by atoms with Crippen molar-refractivity contribution in [2.75, 3.05) is 5.32 Å². The van der Waals surface area contributed by atoms with E-state index in [0.717, 1.165) is 34.5 Å². The van der Waals surface area contributed by atoms with Gasteiger partial charge in [-0.2, -0.15) is 4.68 Å². The molecule has 12 heteroatoms. The van der Waals surface area contributed by atoms with Gasteiger partial charge in [0.2, 0.25) is 0 Å². The van der Waals surface area contributed by atoms with Gasteiger partial charge in [0.25, 0.3) is 5.56 Å². The lowest BCUT2D eigenvalue weighted by atomic mass is 10.0. The van der Waals surface area contributed by atoms with E-state index < -0.39 is 6.09 Å². The Labute approximate surface area is 214 Å². The maximum atomic E-state index is 13.5. The third-order valence-electron chi connectivity index (χ3n) is 6.39. The summed E-state index contributed by atoms with van der Waals surface area (Å²) in [7, 11) is 0. The van der Waals surface area contributed by atoms with Crippen molar-refractivity contribution in [1.29, 1.82) is 0 Å². The number of aromatic nitrogens is 7. The van der Waals surface area contributed by atoms with E-state index in [-0.39, 0.29) is 11.7 Å². The number of tetrazole rings is 1. The van der Waals surface area contributed by atoms with Crippen LogP contribution in [0.25, 0.3) is 28.1 Å². The van der Waals surface area contributed by atoms with E-state index in [0.29, 0.717) is 22.8 Å². The fourth-order valence-corrected chi connectivity index (χ4v) is 4.99. The van der Waals surface area contributed by atoms with Crippen LogP contribution in [0.2, 0.25) is 5.02 Å². The quantitative estimate of drug-likeness (QED) is 0.361. The van der Waals surface area contributed by atoms with Gasteiger partial charge in [-0.05, 0) is 70.8 Å². The average molecular weight is 515 g/mol. The molecule has 184 valence electrons. The number of nitrogens with one attached hydrogen (secondary N) is 1. The average Bonchev–Trinajstić information content (AvgIpc) is 3.64. The van der Waals surface area contributed by atoms with Gasteiger partial charge in [0.15, 0.2) is 0 Å². The van der Waals surface area contributed by atoms with Crippen LogP contribution in [0.1, 0.15) is 18.3 Å². The summed E-state index contributed by atoms with van der Waals surface area (Å²) in [5.74, 6) is 0. The number of carboxylic acid groups (broad SMARTS) is 1. The van der Waals surface area contributed by atoms with Crippen LogP contribution in [0, 0.1) is 0 Å². The topological polar surface area (TPSA) is 133 Å². The van der Waals surface area contributed by atoms with E-state index >= 15 is 0 Å². The fraction of sp³-hybridized carbons (Fsp3) is 0.120. The van der Waals surface area contributed by atoms with Gasteiger partial charge in [-0.15, -0.1) is 5.10 Å². The van der Waals surface area contributed by atoms with Crippen LogP contribution < -0.4 is 10.9 Å². The molecule has 0 saturated carbocycles. The Balaban J connectivity index is 1.38. The third-order valence-corrected chi connectivity index (χ3v) is 6.62. The smallest absolute Gasteiger partial charge is 0.409 e. The second-order valence-corrected chi connectivity index (χ2v) is 9.01. The van der Waals surface area contributed by atoms with Gasteiger partial charge in [0.1, 0.15) is 12.5 Å². The van der Waals surface area contributed by atoms with E-state index in [1.807, 2.05) is 28.8 Å². The molecule has 1 amide bonds. The summed E-state index contributed by atoms with van der Waals surface area (Å²) in [6.07, 6.45) is 5.00. The molecule has 0 unspecified atom stereocenters. The van der Waals surface area contributed by atoms with E-state index in [2.05, 4.69) is 25.8 Å². The molecular formula is C25H19ClN8O3. The second-order valence-electron chi connectivity index (χ2n) is 8.57. The van der Waals surface area contributed by atoms with Gasteiger partial charge in [-0.1, -0.05) is 23.7 Å². The zero-order chi connectivity index (χ0) is 25.5. The van der Waals surface area contributed by atoms with Crippen molar-refractivity contribution < 1.29 is 9.90 Å². The van der Waals surface area contributed by atoms with Crippen LogP contribution in [0.5, 0.6) is 0 Å². The first-order valence-electron chi connectivity index (χ1n) is 11.4. The summed E-state index contributed by atoms with van der Waals surface area (Å²) in [5.41, 5.74) is 5.11. The van der Waals surface area contributed by atoms with Crippen molar-refractivity contribution in [3.63, 3.8) is 0 Å². The number of carbonyl (C=O) groups is 1. The molecule has 1 aliphatic rings. The molecule has 6 rings (SSSR count). The lowest BCUT2D eigenvalue weighted by molar-refractivity contribution is 0.209. The molecular weight excluding hydrogens is 496 g/mol. The highest BCUT2D eigenvalue weighted by Gasteiger charge is 2.27. The van der Waals surface area contributed by atoms with E-state index in [4.69, 9.17) is 16.7 Å². The first-order chi connectivity index (χ1) is 18.0. The zero-order valence-corrected chi connectivity index (χ0v) is 19.9. The van der Waals surface area contributed by atoms with Gasteiger partial charge in [-0.25, -0.2) is 9.78 Å². The van der Waals surface area contributed by atoms with Crippen LogP contribution in [0.3, 0.4) is 0 Å². The lowest BCUT2D eigenvalue weighted by Crippen LogP contribution is -2.26. The van der Waals surface area contributed by atoms with E-state index in [1.165, 1.54) is 11.0 Å². The molecule has 2 N–H and O–H groups in total. The molecule has 0 spiro atoms. The SMILES string of the molecule is O=C(O)Nc1ccc(-c2cncn2[C@H]2CCc3cc(-c4cc(Cl)ccc4-n4cnnn4)cc(=O)n32)cc1. The summed E-state index contributed by atoms with van der Waals surface area (Å²) in [5, 5.41) is 23.2.